The van der Waals surface area contributed by atoms with Gasteiger partial charge in [0.15, 0.2) is 0 Å². The van der Waals surface area contributed by atoms with Crippen LogP contribution >= 0.6 is 0 Å². The van der Waals surface area contributed by atoms with Gasteiger partial charge in [0.05, 0.1) is 12.7 Å². The van der Waals surface area contributed by atoms with Gasteiger partial charge in [0, 0.05) is 12.3 Å². The second kappa shape index (κ2) is 3.58. The van der Waals surface area contributed by atoms with E-state index < -0.39 is 11.3 Å². The van der Waals surface area contributed by atoms with E-state index in [-0.39, 0.29) is 0 Å². The fourth-order valence-corrected chi connectivity index (χ4v) is 2.37. The maximum absolute atomic E-state index is 9.35. The summed E-state index contributed by atoms with van der Waals surface area (Å²) >= 11 is 0. The van der Waals surface area contributed by atoms with Crippen LogP contribution in [-0.4, -0.2) is 24.8 Å². The second-order valence-electron chi connectivity index (χ2n) is 4.15. The van der Waals surface area contributed by atoms with E-state index in [1.807, 2.05) is 13.8 Å². The topological polar surface area (TPSA) is 54.6 Å². The van der Waals surface area contributed by atoms with Gasteiger partial charge >= 0.3 is 0 Å². The summed E-state index contributed by atoms with van der Waals surface area (Å²) in [5.41, 5.74) is 0.443. The summed E-state index contributed by atoms with van der Waals surface area (Å²) in [5, 5.41) is 9.35. The van der Waals surface area contributed by atoms with Crippen molar-refractivity contribution in [2.45, 2.75) is 39.0 Å². The molecule has 0 saturated carbocycles. The Morgan fingerprint density at radius 3 is 3.07 bits per heavy atom. The highest BCUT2D eigenvalue weighted by atomic mass is 16.7. The van der Waals surface area contributed by atoms with Gasteiger partial charge in [-0.2, -0.15) is 5.26 Å². The highest BCUT2D eigenvalue weighted by Crippen LogP contribution is 2.50. The van der Waals surface area contributed by atoms with Gasteiger partial charge in [-0.1, -0.05) is 0 Å². The maximum atomic E-state index is 9.35. The lowest BCUT2D eigenvalue weighted by molar-refractivity contribution is -0.242. The molecular weight excluding hydrogens is 192 g/mol. The molecule has 0 radical (unpaired) electrons. The van der Waals surface area contributed by atoms with Crippen molar-refractivity contribution in [1.29, 1.82) is 5.26 Å². The predicted octanol–water partition coefficient (Wildman–Crippen LogP) is 1.86. The molecule has 2 atom stereocenters. The van der Waals surface area contributed by atoms with Gasteiger partial charge in [0.25, 0.3) is 5.91 Å². The van der Waals surface area contributed by atoms with E-state index in [1.54, 1.807) is 0 Å². The Kier molecular flexibility index (Phi) is 2.53. The van der Waals surface area contributed by atoms with Crippen LogP contribution in [-0.2, 0) is 9.47 Å². The molecule has 4 heteroatoms. The van der Waals surface area contributed by atoms with Gasteiger partial charge in [0.1, 0.15) is 5.41 Å². The molecular formula is C11H16N2O2. The molecule has 0 N–H and O–H groups in total. The normalized spacial score (nSPS) is 39.4. The van der Waals surface area contributed by atoms with E-state index in [1.165, 1.54) is 0 Å². The van der Waals surface area contributed by atoms with E-state index in [9.17, 15) is 5.26 Å². The van der Waals surface area contributed by atoms with Crippen molar-refractivity contribution < 1.29 is 9.47 Å². The number of rotatable bonds is 2. The summed E-state index contributed by atoms with van der Waals surface area (Å²) in [7, 11) is 0. The molecule has 1 saturated heterocycles. The Labute approximate surface area is 89.9 Å². The molecule has 0 aromatic carbocycles. The minimum Gasteiger partial charge on any atom is -0.331 e. The van der Waals surface area contributed by atoms with Crippen LogP contribution in [0.4, 0.5) is 0 Å². The number of hydrogen-bond acceptors (Lipinski definition) is 4. The van der Waals surface area contributed by atoms with E-state index in [4.69, 9.17) is 9.47 Å². The van der Waals surface area contributed by atoms with Crippen LogP contribution in [0.2, 0.25) is 0 Å². The molecule has 0 bridgehead atoms. The first-order valence-corrected chi connectivity index (χ1v) is 5.42. The summed E-state index contributed by atoms with van der Waals surface area (Å²) in [6.07, 6.45) is 2.38. The molecule has 0 aromatic rings. The average molecular weight is 208 g/mol. The molecule has 2 aliphatic heterocycles. The smallest absolute Gasteiger partial charge is 0.288 e. The van der Waals surface area contributed by atoms with E-state index in [0.29, 0.717) is 13.2 Å². The zero-order valence-corrected chi connectivity index (χ0v) is 9.25. The average Bonchev–Trinajstić information content (AvgIpc) is 2.57. The number of aliphatic imine (C=N–C) groups is 1. The zero-order valence-electron chi connectivity index (χ0n) is 9.25. The van der Waals surface area contributed by atoms with E-state index in [0.717, 1.165) is 25.0 Å². The third-order valence-electron chi connectivity index (χ3n) is 3.24. The third-order valence-corrected chi connectivity index (χ3v) is 3.24. The minimum absolute atomic E-state index is 0.514. The molecule has 2 aliphatic rings. The summed E-state index contributed by atoms with van der Waals surface area (Å²) in [6, 6.07) is 2.37. The largest absolute Gasteiger partial charge is 0.331 e. The lowest BCUT2D eigenvalue weighted by Gasteiger charge is -2.39. The number of nitrogens with zero attached hydrogens (tertiary/aromatic N) is 2. The van der Waals surface area contributed by atoms with Crippen LogP contribution in [0.3, 0.4) is 0 Å². The number of fused-ring (bicyclic) bond motifs is 1. The highest BCUT2D eigenvalue weighted by Gasteiger charge is 2.60. The minimum atomic E-state index is -1.02. The monoisotopic (exact) mass is 208 g/mol. The quantitative estimate of drug-likeness (QED) is 0.696. The molecule has 0 aliphatic carbocycles. The van der Waals surface area contributed by atoms with Crippen molar-refractivity contribution in [3.63, 3.8) is 0 Å². The number of hydrogen-bond donors (Lipinski definition) is 0. The Hall–Kier alpha value is -0.920. The lowest BCUT2D eigenvalue weighted by atomic mass is 9.77. The summed E-state index contributed by atoms with van der Waals surface area (Å²) < 4.78 is 11.2. The van der Waals surface area contributed by atoms with Gasteiger partial charge in [0.2, 0.25) is 0 Å². The fraction of sp³-hybridized carbons (Fsp3) is 0.818. The molecule has 0 unspecified atom stereocenters. The van der Waals surface area contributed by atoms with Crippen LogP contribution < -0.4 is 0 Å². The summed E-state index contributed by atoms with van der Waals surface area (Å²) in [4.78, 5) is 4.46. The molecule has 0 amide bonds. The van der Waals surface area contributed by atoms with Gasteiger partial charge in [-0.25, -0.2) is 4.99 Å². The standard InChI is InChI=1S/C11H16N2O2/c1-3-14-11-10(8-12,6-7-15-11)5-4-9(2)13-11/h3-7H2,1-2H3/t10-,11-/m1/s1. The van der Waals surface area contributed by atoms with Crippen molar-refractivity contribution in [1.82, 2.24) is 0 Å². The Balaban J connectivity index is 2.42. The van der Waals surface area contributed by atoms with Crippen LogP contribution in [0.15, 0.2) is 4.99 Å². The number of ether oxygens (including phenoxy) is 2. The molecule has 1 fully saturated rings. The lowest BCUT2D eigenvalue weighted by Crippen LogP contribution is -2.48. The summed E-state index contributed by atoms with van der Waals surface area (Å²) in [5.74, 6) is -1.02. The van der Waals surface area contributed by atoms with Crippen LogP contribution in [0, 0.1) is 16.7 Å². The Morgan fingerprint density at radius 2 is 2.40 bits per heavy atom. The highest BCUT2D eigenvalue weighted by molar-refractivity contribution is 5.83. The summed E-state index contributed by atoms with van der Waals surface area (Å²) in [6.45, 7) is 4.94. The predicted molar refractivity (Wildman–Crippen MR) is 55.3 cm³/mol. The first kappa shape index (κ1) is 10.6. The molecule has 82 valence electrons. The van der Waals surface area contributed by atoms with Crippen molar-refractivity contribution in [2.75, 3.05) is 13.2 Å². The molecule has 0 spiro atoms. The first-order valence-electron chi connectivity index (χ1n) is 5.42. The zero-order chi connectivity index (χ0) is 10.9. The van der Waals surface area contributed by atoms with E-state index in [2.05, 4.69) is 11.1 Å². The van der Waals surface area contributed by atoms with Crippen molar-refractivity contribution >= 4 is 5.71 Å². The molecule has 15 heavy (non-hydrogen) atoms. The SMILES string of the molecule is CCO[C@]12N=C(C)CC[C@]1(C#N)CCO2. The van der Waals surface area contributed by atoms with E-state index >= 15 is 0 Å². The van der Waals surface area contributed by atoms with Crippen LogP contribution in [0.25, 0.3) is 0 Å². The second-order valence-corrected chi connectivity index (χ2v) is 4.15. The van der Waals surface area contributed by atoms with Gasteiger partial charge in [-0.3, -0.25) is 0 Å². The first-order chi connectivity index (χ1) is 7.18. The molecule has 2 rings (SSSR count). The number of nitriles is 1. The molecule has 0 aromatic heterocycles. The Bertz CT molecular complexity index is 334. The van der Waals surface area contributed by atoms with Crippen molar-refractivity contribution in [3.8, 4) is 6.07 Å². The molecule has 4 nitrogen and oxygen atoms in total. The third kappa shape index (κ3) is 1.38. The maximum Gasteiger partial charge on any atom is 0.288 e. The van der Waals surface area contributed by atoms with Crippen molar-refractivity contribution in [3.05, 3.63) is 0 Å². The Morgan fingerprint density at radius 1 is 1.60 bits per heavy atom. The van der Waals surface area contributed by atoms with Crippen LogP contribution in [0.1, 0.15) is 33.1 Å². The van der Waals surface area contributed by atoms with Gasteiger partial charge in [-0.15, -0.1) is 0 Å². The van der Waals surface area contributed by atoms with Crippen LogP contribution in [0.5, 0.6) is 0 Å². The van der Waals surface area contributed by atoms with Crippen molar-refractivity contribution in [2.24, 2.45) is 10.4 Å². The fourth-order valence-electron chi connectivity index (χ4n) is 2.37. The molecule has 2 heterocycles. The van der Waals surface area contributed by atoms with Gasteiger partial charge < -0.3 is 9.47 Å². The van der Waals surface area contributed by atoms with Gasteiger partial charge in [-0.05, 0) is 33.1 Å².